The highest BCUT2D eigenvalue weighted by Crippen LogP contribution is 2.43. The molecule has 0 amide bonds. The van der Waals surface area contributed by atoms with Gasteiger partial charge in [0.15, 0.2) is 0 Å². The Balaban J connectivity index is 1.16. The first-order valence-corrected chi connectivity index (χ1v) is 18.7. The van der Waals surface area contributed by atoms with Crippen LogP contribution in [0.4, 0.5) is 28.4 Å². The van der Waals surface area contributed by atoms with E-state index in [0.717, 1.165) is 39.4 Å². The molecule has 0 radical (unpaired) electrons. The summed E-state index contributed by atoms with van der Waals surface area (Å²) in [6.45, 7) is 13.2. The van der Waals surface area contributed by atoms with Gasteiger partial charge in [-0.15, -0.1) is 0 Å². The predicted molar refractivity (Wildman–Crippen MR) is 227 cm³/mol. The molecule has 0 spiro atoms. The topological polar surface area (TPSA) is 19.6 Å². The molecule has 53 heavy (non-hydrogen) atoms. The van der Waals surface area contributed by atoms with Gasteiger partial charge >= 0.3 is 0 Å². The molecular formula is C50H44N2O. The molecular weight excluding hydrogens is 645 g/mol. The average molecular weight is 689 g/mol. The second-order valence-electron chi connectivity index (χ2n) is 15.0. The Morgan fingerprint density at radius 3 is 1.75 bits per heavy atom. The van der Waals surface area contributed by atoms with Gasteiger partial charge in [-0.05, 0) is 164 Å². The molecule has 1 heterocycles. The number of para-hydroxylation sites is 1. The molecule has 1 unspecified atom stereocenters. The van der Waals surface area contributed by atoms with Crippen LogP contribution in [-0.4, -0.2) is 6.04 Å². The Kier molecular flexibility index (Phi) is 7.96. The van der Waals surface area contributed by atoms with E-state index in [1.54, 1.807) is 0 Å². The summed E-state index contributed by atoms with van der Waals surface area (Å²) < 4.78 is 6.70. The highest BCUT2D eigenvalue weighted by Gasteiger charge is 2.25. The lowest BCUT2D eigenvalue weighted by Gasteiger charge is -2.36. The first-order chi connectivity index (χ1) is 25.7. The van der Waals surface area contributed by atoms with Crippen LogP contribution in [0.25, 0.3) is 43.5 Å². The minimum Gasteiger partial charge on any atom is -0.456 e. The van der Waals surface area contributed by atoms with E-state index in [-0.39, 0.29) is 6.04 Å². The number of furan rings is 1. The third kappa shape index (κ3) is 5.77. The number of allylic oxidation sites excluding steroid dienone is 2. The molecule has 260 valence electrons. The van der Waals surface area contributed by atoms with Gasteiger partial charge in [0.05, 0.1) is 6.04 Å². The maximum Gasteiger partial charge on any atom is 0.136 e. The van der Waals surface area contributed by atoms with Gasteiger partial charge in [0, 0.05) is 39.2 Å². The standard InChI is InChI=1S/C50H44N2O/c1-31-15-17-35(5)47(23-31)51(45-13-9-7-11-33(45)3)41-21-19-37-27-43-44-28-38-20-22-42(26-40(38)30-50(44)53-49(43)29-39(37)25-41)52(46-14-10-8-12-34(46)4)48-24-32(2)16-18-36(48)6/h7-13,15-30,46H,14H2,1-6H3. The van der Waals surface area contributed by atoms with Crippen molar-refractivity contribution in [2.75, 3.05) is 9.80 Å². The van der Waals surface area contributed by atoms with Crippen LogP contribution < -0.4 is 9.80 Å². The molecule has 0 saturated heterocycles. The van der Waals surface area contributed by atoms with Crippen LogP contribution in [-0.2, 0) is 0 Å². The number of rotatable bonds is 6. The number of anilines is 5. The first-order valence-electron chi connectivity index (χ1n) is 18.7. The number of benzene rings is 7. The molecule has 3 heteroatoms. The van der Waals surface area contributed by atoms with E-state index in [0.29, 0.717) is 0 Å². The van der Waals surface area contributed by atoms with Gasteiger partial charge in [0.2, 0.25) is 0 Å². The fourth-order valence-electron chi connectivity index (χ4n) is 8.21. The molecule has 9 rings (SSSR count). The van der Waals surface area contributed by atoms with E-state index in [1.807, 2.05) is 0 Å². The quantitative estimate of drug-likeness (QED) is 0.173. The Bertz CT molecular complexity index is 2800. The number of hydrogen-bond acceptors (Lipinski definition) is 3. The van der Waals surface area contributed by atoms with Gasteiger partial charge in [0.25, 0.3) is 0 Å². The van der Waals surface area contributed by atoms with E-state index in [4.69, 9.17) is 4.42 Å². The highest BCUT2D eigenvalue weighted by atomic mass is 16.3. The lowest BCUT2D eigenvalue weighted by Crippen LogP contribution is -2.33. The van der Waals surface area contributed by atoms with Crippen LogP contribution in [0.15, 0.2) is 150 Å². The van der Waals surface area contributed by atoms with Crippen LogP contribution in [0.3, 0.4) is 0 Å². The largest absolute Gasteiger partial charge is 0.456 e. The summed E-state index contributed by atoms with van der Waals surface area (Å²) in [4.78, 5) is 4.93. The molecule has 0 saturated carbocycles. The molecule has 0 N–H and O–H groups in total. The van der Waals surface area contributed by atoms with Crippen molar-refractivity contribution in [3.8, 4) is 0 Å². The molecule has 1 aromatic heterocycles. The van der Waals surface area contributed by atoms with Crippen molar-refractivity contribution in [2.24, 2.45) is 0 Å². The van der Waals surface area contributed by atoms with Crippen molar-refractivity contribution in [1.82, 2.24) is 0 Å². The van der Waals surface area contributed by atoms with Gasteiger partial charge in [-0.1, -0.05) is 78.4 Å². The molecule has 8 aromatic rings. The zero-order valence-electron chi connectivity index (χ0n) is 31.4. The lowest BCUT2D eigenvalue weighted by atomic mass is 9.95. The van der Waals surface area contributed by atoms with E-state index in [2.05, 4.69) is 191 Å². The molecule has 0 aliphatic heterocycles. The summed E-state index contributed by atoms with van der Waals surface area (Å²) in [5, 5.41) is 7.01. The van der Waals surface area contributed by atoms with E-state index >= 15 is 0 Å². The maximum atomic E-state index is 6.70. The third-order valence-electron chi connectivity index (χ3n) is 11.2. The van der Waals surface area contributed by atoms with Crippen molar-refractivity contribution in [1.29, 1.82) is 0 Å². The van der Waals surface area contributed by atoms with Crippen molar-refractivity contribution in [3.05, 3.63) is 173 Å². The van der Waals surface area contributed by atoms with Crippen LogP contribution in [0.5, 0.6) is 0 Å². The van der Waals surface area contributed by atoms with Gasteiger partial charge in [-0.3, -0.25) is 0 Å². The summed E-state index contributed by atoms with van der Waals surface area (Å²) in [6.07, 6.45) is 7.69. The van der Waals surface area contributed by atoms with E-state index in [9.17, 15) is 0 Å². The molecule has 1 aliphatic rings. The first kappa shape index (κ1) is 32.8. The lowest BCUT2D eigenvalue weighted by molar-refractivity contribution is 0.670. The van der Waals surface area contributed by atoms with E-state index < -0.39 is 0 Å². The Hall–Kier alpha value is -6.06. The van der Waals surface area contributed by atoms with Gasteiger partial charge in [-0.25, -0.2) is 0 Å². The van der Waals surface area contributed by atoms with Crippen molar-refractivity contribution in [2.45, 2.75) is 54.0 Å². The second kappa shape index (κ2) is 12.9. The highest BCUT2D eigenvalue weighted by molar-refractivity contribution is 6.14. The summed E-state index contributed by atoms with van der Waals surface area (Å²) in [5.74, 6) is 0. The van der Waals surface area contributed by atoms with Gasteiger partial charge < -0.3 is 14.2 Å². The summed E-state index contributed by atoms with van der Waals surface area (Å²) in [5.41, 5.74) is 15.4. The van der Waals surface area contributed by atoms with E-state index in [1.165, 1.54) is 72.3 Å². The molecule has 1 atom stereocenters. The normalized spacial score (nSPS) is 14.4. The Morgan fingerprint density at radius 1 is 0.509 bits per heavy atom. The zero-order valence-corrected chi connectivity index (χ0v) is 31.4. The number of aryl methyl sites for hydroxylation is 5. The number of hydrogen-bond donors (Lipinski definition) is 0. The summed E-state index contributed by atoms with van der Waals surface area (Å²) >= 11 is 0. The molecule has 0 fully saturated rings. The SMILES string of the molecule is CC1=CC=CCC1N(c1ccc2cc3c(cc2c1)oc1cc2cc(N(c4ccccc4C)c4cc(C)ccc4C)ccc2cc13)c1cc(C)ccc1C. The number of nitrogens with zero attached hydrogens (tertiary/aromatic N) is 2. The minimum absolute atomic E-state index is 0.252. The molecule has 3 nitrogen and oxygen atoms in total. The monoisotopic (exact) mass is 688 g/mol. The predicted octanol–water partition coefficient (Wildman–Crippen LogP) is 14.3. The fraction of sp³-hybridized carbons (Fsp3) is 0.160. The molecule has 1 aliphatic carbocycles. The average Bonchev–Trinajstić information content (AvgIpc) is 3.50. The zero-order chi connectivity index (χ0) is 36.4. The van der Waals surface area contributed by atoms with Crippen molar-refractivity contribution in [3.63, 3.8) is 0 Å². The summed E-state index contributed by atoms with van der Waals surface area (Å²) in [7, 11) is 0. The van der Waals surface area contributed by atoms with Crippen molar-refractivity contribution >= 4 is 71.9 Å². The van der Waals surface area contributed by atoms with Gasteiger partial charge in [0.1, 0.15) is 11.2 Å². The molecule has 0 bridgehead atoms. The minimum atomic E-state index is 0.252. The summed E-state index contributed by atoms with van der Waals surface area (Å²) in [6, 6.07) is 45.1. The van der Waals surface area contributed by atoms with Crippen LogP contribution in [0, 0.1) is 34.6 Å². The fourth-order valence-corrected chi connectivity index (χ4v) is 8.21. The van der Waals surface area contributed by atoms with Crippen molar-refractivity contribution < 1.29 is 4.42 Å². The molecule has 7 aromatic carbocycles. The smallest absolute Gasteiger partial charge is 0.136 e. The maximum absolute atomic E-state index is 6.70. The Labute approximate surface area is 312 Å². The second-order valence-corrected chi connectivity index (χ2v) is 15.0. The van der Waals surface area contributed by atoms with Crippen LogP contribution in [0.2, 0.25) is 0 Å². The van der Waals surface area contributed by atoms with Gasteiger partial charge in [-0.2, -0.15) is 0 Å². The third-order valence-corrected chi connectivity index (χ3v) is 11.2. The van der Waals surface area contributed by atoms with Crippen LogP contribution in [0.1, 0.15) is 41.2 Å². The Morgan fingerprint density at radius 2 is 1.09 bits per heavy atom. The number of fused-ring (bicyclic) bond motifs is 5. The van der Waals surface area contributed by atoms with Crippen LogP contribution >= 0.6 is 0 Å².